The van der Waals surface area contributed by atoms with Gasteiger partial charge in [0.2, 0.25) is 0 Å². The average Bonchev–Trinajstić information content (AvgIpc) is 2.05. The summed E-state index contributed by atoms with van der Waals surface area (Å²) in [7, 11) is 0. The molecule has 0 saturated heterocycles. The minimum absolute atomic E-state index is 0.157. The fraction of sp³-hybridized carbons (Fsp3) is 0.125. The Balaban J connectivity index is 2.86. The first-order valence-electron chi connectivity index (χ1n) is 3.13. The molecular weight excluding hydrogens is 180 g/mol. The summed E-state index contributed by atoms with van der Waals surface area (Å²) in [5.74, 6) is -0.157. The minimum Gasteiger partial charge on any atom is -0.292 e. The fourth-order valence-corrected chi connectivity index (χ4v) is 1.02. The molecule has 58 valence electrons. The van der Waals surface area contributed by atoms with Crippen molar-refractivity contribution in [2.24, 2.45) is 0 Å². The molecule has 1 rings (SSSR count). The molecule has 0 aliphatic carbocycles. The van der Waals surface area contributed by atoms with Gasteiger partial charge in [-0.15, -0.1) is 11.6 Å². The van der Waals surface area contributed by atoms with Crippen LogP contribution in [-0.2, 0) is 0 Å². The van der Waals surface area contributed by atoms with Gasteiger partial charge >= 0.3 is 0 Å². The molecule has 0 radical (unpaired) electrons. The van der Waals surface area contributed by atoms with E-state index in [1.54, 1.807) is 24.3 Å². The van der Waals surface area contributed by atoms with Gasteiger partial charge in [-0.2, -0.15) is 12.6 Å². The van der Waals surface area contributed by atoms with E-state index >= 15 is 0 Å². The molecule has 0 amide bonds. The third-order valence-electron chi connectivity index (χ3n) is 1.27. The highest BCUT2D eigenvalue weighted by Gasteiger charge is 2.11. The molecule has 0 spiro atoms. The van der Waals surface area contributed by atoms with Crippen molar-refractivity contribution in [3.8, 4) is 0 Å². The predicted octanol–water partition coefficient (Wildman–Crippen LogP) is 2.36. The topological polar surface area (TPSA) is 17.1 Å². The van der Waals surface area contributed by atoms with Gasteiger partial charge in [0.25, 0.3) is 0 Å². The largest absolute Gasteiger partial charge is 0.292 e. The molecule has 1 atom stereocenters. The zero-order valence-corrected chi connectivity index (χ0v) is 7.35. The smallest absolute Gasteiger partial charge is 0.190 e. The van der Waals surface area contributed by atoms with E-state index in [2.05, 4.69) is 12.6 Å². The molecule has 0 N–H and O–H groups in total. The number of halogens is 1. The lowest BCUT2D eigenvalue weighted by atomic mass is 10.1. The van der Waals surface area contributed by atoms with Gasteiger partial charge in [-0.1, -0.05) is 30.3 Å². The van der Waals surface area contributed by atoms with E-state index in [4.69, 9.17) is 11.6 Å². The van der Waals surface area contributed by atoms with Crippen molar-refractivity contribution in [3.05, 3.63) is 35.9 Å². The van der Waals surface area contributed by atoms with E-state index in [9.17, 15) is 4.79 Å². The number of benzene rings is 1. The highest BCUT2D eigenvalue weighted by atomic mass is 35.5. The van der Waals surface area contributed by atoms with Gasteiger partial charge in [-0.3, -0.25) is 4.79 Å². The summed E-state index contributed by atoms with van der Waals surface area (Å²) in [4.78, 5) is 11.1. The first kappa shape index (κ1) is 8.62. The van der Waals surface area contributed by atoms with Crippen LogP contribution in [0.2, 0.25) is 0 Å². The molecule has 1 unspecified atom stereocenters. The Morgan fingerprint density at radius 3 is 2.36 bits per heavy atom. The van der Waals surface area contributed by atoms with Crippen LogP contribution in [0.4, 0.5) is 0 Å². The molecule has 11 heavy (non-hydrogen) atoms. The summed E-state index contributed by atoms with van der Waals surface area (Å²) in [5, 5.41) is 0. The average molecular weight is 187 g/mol. The molecule has 3 heteroatoms. The maximum Gasteiger partial charge on any atom is 0.190 e. The summed E-state index contributed by atoms with van der Waals surface area (Å²) in [6, 6.07) is 8.86. The zero-order chi connectivity index (χ0) is 8.27. The normalized spacial score (nSPS) is 12.5. The van der Waals surface area contributed by atoms with Gasteiger partial charge in [0, 0.05) is 5.56 Å². The van der Waals surface area contributed by atoms with Crippen molar-refractivity contribution in [2.45, 2.75) is 4.71 Å². The Bertz CT molecular complexity index is 246. The lowest BCUT2D eigenvalue weighted by Crippen LogP contribution is -2.07. The number of alkyl halides is 1. The Morgan fingerprint density at radius 1 is 1.36 bits per heavy atom. The van der Waals surface area contributed by atoms with Crippen LogP contribution < -0.4 is 0 Å². The van der Waals surface area contributed by atoms with Crippen LogP contribution in [0, 0.1) is 0 Å². The Labute approximate surface area is 75.8 Å². The summed E-state index contributed by atoms with van der Waals surface area (Å²) >= 11 is 9.30. The first-order valence-corrected chi connectivity index (χ1v) is 4.08. The van der Waals surface area contributed by atoms with Crippen LogP contribution in [0.1, 0.15) is 10.4 Å². The van der Waals surface area contributed by atoms with Gasteiger partial charge in [-0.05, 0) is 0 Å². The van der Waals surface area contributed by atoms with Crippen LogP contribution in [0.25, 0.3) is 0 Å². The molecule has 0 heterocycles. The van der Waals surface area contributed by atoms with E-state index in [-0.39, 0.29) is 5.78 Å². The van der Waals surface area contributed by atoms with E-state index in [1.807, 2.05) is 6.07 Å². The van der Waals surface area contributed by atoms with E-state index in [0.717, 1.165) is 0 Å². The highest BCUT2D eigenvalue weighted by Crippen LogP contribution is 2.10. The van der Waals surface area contributed by atoms with Crippen molar-refractivity contribution in [3.63, 3.8) is 0 Å². The maximum absolute atomic E-state index is 11.1. The van der Waals surface area contributed by atoms with Crippen LogP contribution in [0.5, 0.6) is 0 Å². The number of rotatable bonds is 2. The molecule has 1 aromatic carbocycles. The molecule has 0 aromatic heterocycles. The third-order valence-corrected chi connectivity index (χ3v) is 1.71. The van der Waals surface area contributed by atoms with E-state index in [1.165, 1.54) is 0 Å². The van der Waals surface area contributed by atoms with Crippen LogP contribution in [0.15, 0.2) is 30.3 Å². The van der Waals surface area contributed by atoms with Crippen molar-refractivity contribution >= 4 is 30.0 Å². The number of ketones is 1. The second kappa shape index (κ2) is 3.79. The van der Waals surface area contributed by atoms with E-state index in [0.29, 0.717) is 5.56 Å². The standard InChI is InChI=1S/C8H7ClOS/c9-8(11)7(10)6-4-2-1-3-5-6/h1-5,8,11H. The number of thiol groups is 1. The molecular formula is C8H7ClOS. The Morgan fingerprint density at radius 2 is 1.91 bits per heavy atom. The number of Topliss-reactive ketones (excluding diaryl/α,β-unsaturated/α-hetero) is 1. The van der Waals surface area contributed by atoms with Gasteiger partial charge in [0.05, 0.1) is 0 Å². The summed E-state index contributed by atoms with van der Waals surface area (Å²) < 4.78 is -0.739. The van der Waals surface area contributed by atoms with Gasteiger partial charge in [0.15, 0.2) is 5.78 Å². The lowest BCUT2D eigenvalue weighted by molar-refractivity contribution is 0.101. The second-order valence-electron chi connectivity index (χ2n) is 2.07. The number of carbonyl (C=O) groups excluding carboxylic acids is 1. The van der Waals surface area contributed by atoms with Crippen LogP contribution >= 0.6 is 24.2 Å². The summed E-state index contributed by atoms with van der Waals surface area (Å²) in [6.45, 7) is 0. The Kier molecular flexibility index (Phi) is 2.97. The van der Waals surface area contributed by atoms with Crippen molar-refractivity contribution in [1.29, 1.82) is 0 Å². The first-order chi connectivity index (χ1) is 5.22. The van der Waals surface area contributed by atoms with Gasteiger partial charge in [0.1, 0.15) is 4.71 Å². The van der Waals surface area contributed by atoms with Crippen LogP contribution in [-0.4, -0.2) is 10.5 Å². The van der Waals surface area contributed by atoms with Crippen LogP contribution in [0.3, 0.4) is 0 Å². The molecule has 0 bridgehead atoms. The molecule has 1 nitrogen and oxygen atoms in total. The molecule has 0 aliphatic heterocycles. The number of hydrogen-bond donors (Lipinski definition) is 1. The maximum atomic E-state index is 11.1. The fourth-order valence-electron chi connectivity index (χ4n) is 0.740. The zero-order valence-electron chi connectivity index (χ0n) is 5.70. The van der Waals surface area contributed by atoms with Gasteiger partial charge in [-0.25, -0.2) is 0 Å². The molecule has 0 aliphatic rings. The molecule has 0 fully saturated rings. The monoisotopic (exact) mass is 186 g/mol. The second-order valence-corrected chi connectivity index (χ2v) is 3.32. The minimum atomic E-state index is -0.739. The predicted molar refractivity (Wildman–Crippen MR) is 49.4 cm³/mol. The van der Waals surface area contributed by atoms with Crippen molar-refractivity contribution < 1.29 is 4.79 Å². The third kappa shape index (κ3) is 2.24. The van der Waals surface area contributed by atoms with Crippen molar-refractivity contribution in [1.82, 2.24) is 0 Å². The lowest BCUT2D eigenvalue weighted by Gasteiger charge is -1.99. The molecule has 1 aromatic rings. The number of hydrogen-bond acceptors (Lipinski definition) is 2. The quantitative estimate of drug-likeness (QED) is 0.426. The summed E-state index contributed by atoms with van der Waals surface area (Å²) in [6.07, 6.45) is 0. The number of carbonyl (C=O) groups is 1. The molecule has 0 saturated carbocycles. The van der Waals surface area contributed by atoms with Gasteiger partial charge < -0.3 is 0 Å². The van der Waals surface area contributed by atoms with Crippen molar-refractivity contribution in [2.75, 3.05) is 0 Å². The van der Waals surface area contributed by atoms with E-state index < -0.39 is 4.71 Å². The SMILES string of the molecule is O=C(c1ccccc1)C(S)Cl. The summed E-state index contributed by atoms with van der Waals surface area (Å²) in [5.41, 5.74) is 0.600. The Hall–Kier alpha value is -0.470. The highest BCUT2D eigenvalue weighted by molar-refractivity contribution is 7.83.